The first-order chi connectivity index (χ1) is 9.85. The van der Waals surface area contributed by atoms with Crippen LogP contribution in [0.4, 0.5) is 18.9 Å². The van der Waals surface area contributed by atoms with Crippen molar-refractivity contribution in [1.29, 1.82) is 0 Å². The SMILES string of the molecule is CCn1c(CCO)nc2cc(C(F)(F)F)c(OC)c(N)c21. The lowest BCUT2D eigenvalue weighted by Gasteiger charge is -2.15. The van der Waals surface area contributed by atoms with Crippen LogP contribution in [0.15, 0.2) is 6.07 Å². The molecule has 0 fully saturated rings. The van der Waals surface area contributed by atoms with E-state index in [4.69, 9.17) is 15.6 Å². The highest BCUT2D eigenvalue weighted by atomic mass is 19.4. The summed E-state index contributed by atoms with van der Waals surface area (Å²) < 4.78 is 45.7. The number of nitrogen functional groups attached to an aromatic ring is 1. The van der Waals surface area contributed by atoms with E-state index in [1.54, 1.807) is 4.57 Å². The molecular formula is C13H16F3N3O2. The zero-order valence-corrected chi connectivity index (χ0v) is 11.7. The zero-order chi connectivity index (χ0) is 15.8. The maximum absolute atomic E-state index is 13.1. The number of alkyl halides is 3. The third-order valence-electron chi connectivity index (χ3n) is 3.26. The average molecular weight is 303 g/mol. The van der Waals surface area contributed by atoms with Crippen molar-refractivity contribution in [2.24, 2.45) is 0 Å². The topological polar surface area (TPSA) is 73.3 Å². The number of imidazole rings is 1. The Morgan fingerprint density at radius 3 is 2.57 bits per heavy atom. The molecule has 0 unspecified atom stereocenters. The number of nitrogens with two attached hydrogens (primary N) is 1. The fourth-order valence-corrected chi connectivity index (χ4v) is 2.42. The second-order valence-corrected chi connectivity index (χ2v) is 4.48. The van der Waals surface area contributed by atoms with Crippen molar-refractivity contribution in [3.05, 3.63) is 17.5 Å². The normalized spacial score (nSPS) is 12.1. The Kier molecular flexibility index (Phi) is 3.99. The standard InChI is InChI=1S/C13H16F3N3O2/c1-3-19-9(4-5-20)18-8-6-7(13(14,15)16)12(21-2)10(17)11(8)19/h6,20H,3-5,17H2,1-2H3. The molecule has 0 amide bonds. The Labute approximate surface area is 119 Å². The summed E-state index contributed by atoms with van der Waals surface area (Å²) in [6.07, 6.45) is -4.34. The number of aliphatic hydroxyl groups excluding tert-OH is 1. The quantitative estimate of drug-likeness (QED) is 0.849. The van der Waals surface area contributed by atoms with Crippen LogP contribution in [0, 0.1) is 0 Å². The maximum atomic E-state index is 13.1. The van der Waals surface area contributed by atoms with E-state index in [1.165, 1.54) is 0 Å². The van der Waals surface area contributed by atoms with Crippen LogP contribution in [0.5, 0.6) is 5.75 Å². The number of aryl methyl sites for hydroxylation is 1. The van der Waals surface area contributed by atoms with E-state index in [2.05, 4.69) is 4.98 Å². The number of rotatable bonds is 4. The van der Waals surface area contributed by atoms with E-state index in [0.29, 0.717) is 17.9 Å². The molecule has 2 rings (SSSR count). The van der Waals surface area contributed by atoms with Crippen LogP contribution >= 0.6 is 0 Å². The summed E-state index contributed by atoms with van der Waals surface area (Å²) in [5.41, 5.74) is 5.35. The molecule has 8 heteroatoms. The first kappa shape index (κ1) is 15.4. The van der Waals surface area contributed by atoms with Crippen LogP contribution in [0.25, 0.3) is 11.0 Å². The molecule has 1 aromatic heterocycles. The fourth-order valence-electron chi connectivity index (χ4n) is 2.42. The monoisotopic (exact) mass is 303 g/mol. The summed E-state index contributed by atoms with van der Waals surface area (Å²) in [4.78, 5) is 4.15. The van der Waals surface area contributed by atoms with Gasteiger partial charge in [0.25, 0.3) is 0 Å². The largest absolute Gasteiger partial charge is 0.494 e. The number of aliphatic hydroxyl groups is 1. The highest BCUT2D eigenvalue weighted by molar-refractivity contribution is 5.93. The lowest BCUT2D eigenvalue weighted by atomic mass is 10.1. The van der Waals surface area contributed by atoms with E-state index in [-0.39, 0.29) is 24.2 Å². The Morgan fingerprint density at radius 2 is 2.10 bits per heavy atom. The average Bonchev–Trinajstić information content (AvgIpc) is 2.75. The molecule has 0 aliphatic carbocycles. The van der Waals surface area contributed by atoms with Crippen molar-refractivity contribution in [3.63, 3.8) is 0 Å². The van der Waals surface area contributed by atoms with Gasteiger partial charge in [-0.3, -0.25) is 0 Å². The summed E-state index contributed by atoms with van der Waals surface area (Å²) in [5.74, 6) is 0.0863. The Hall–Kier alpha value is -1.96. The number of ether oxygens (including phenoxy) is 1. The maximum Gasteiger partial charge on any atom is 0.420 e. The zero-order valence-electron chi connectivity index (χ0n) is 11.7. The van der Waals surface area contributed by atoms with Crippen molar-refractivity contribution in [2.45, 2.75) is 26.1 Å². The van der Waals surface area contributed by atoms with Crippen LogP contribution in [-0.2, 0) is 19.1 Å². The molecular weight excluding hydrogens is 287 g/mol. The number of hydrogen-bond donors (Lipinski definition) is 2. The molecule has 1 aromatic carbocycles. The van der Waals surface area contributed by atoms with Gasteiger partial charge in [0, 0.05) is 13.0 Å². The van der Waals surface area contributed by atoms with Gasteiger partial charge in [0.1, 0.15) is 17.1 Å². The molecule has 0 saturated carbocycles. The molecule has 2 aromatic rings. The van der Waals surface area contributed by atoms with E-state index in [1.807, 2.05) is 6.92 Å². The number of nitrogens with zero attached hydrogens (tertiary/aromatic N) is 2. The van der Waals surface area contributed by atoms with Gasteiger partial charge in [0.2, 0.25) is 0 Å². The van der Waals surface area contributed by atoms with Crippen LogP contribution in [-0.4, -0.2) is 28.4 Å². The van der Waals surface area contributed by atoms with Gasteiger partial charge in [0.05, 0.1) is 24.8 Å². The predicted octanol–water partition coefficient (Wildman–Crippen LogP) is 2.20. The van der Waals surface area contributed by atoms with Crippen molar-refractivity contribution in [2.75, 3.05) is 19.5 Å². The fraction of sp³-hybridized carbons (Fsp3) is 0.462. The molecule has 21 heavy (non-hydrogen) atoms. The molecule has 0 spiro atoms. The van der Waals surface area contributed by atoms with Crippen LogP contribution in [0.3, 0.4) is 0 Å². The summed E-state index contributed by atoms with van der Waals surface area (Å²) in [5, 5.41) is 9.03. The van der Waals surface area contributed by atoms with E-state index < -0.39 is 17.5 Å². The second-order valence-electron chi connectivity index (χ2n) is 4.48. The van der Waals surface area contributed by atoms with Crippen molar-refractivity contribution >= 4 is 16.7 Å². The molecule has 116 valence electrons. The number of fused-ring (bicyclic) bond motifs is 1. The predicted molar refractivity (Wildman–Crippen MR) is 72.2 cm³/mol. The summed E-state index contributed by atoms with van der Waals surface area (Å²) >= 11 is 0. The minimum atomic E-state index is -4.58. The van der Waals surface area contributed by atoms with Gasteiger partial charge in [-0.05, 0) is 13.0 Å². The molecule has 0 aliphatic heterocycles. The number of anilines is 1. The number of benzene rings is 1. The number of hydrogen-bond acceptors (Lipinski definition) is 4. The Morgan fingerprint density at radius 1 is 1.43 bits per heavy atom. The molecule has 0 atom stereocenters. The number of aromatic nitrogens is 2. The van der Waals surface area contributed by atoms with E-state index in [0.717, 1.165) is 13.2 Å². The minimum Gasteiger partial charge on any atom is -0.494 e. The summed E-state index contributed by atoms with van der Waals surface area (Å²) in [7, 11) is 1.15. The molecule has 0 bridgehead atoms. The van der Waals surface area contributed by atoms with Gasteiger partial charge in [0.15, 0.2) is 5.75 Å². The number of halogens is 3. The molecule has 0 radical (unpaired) electrons. The van der Waals surface area contributed by atoms with E-state index in [9.17, 15) is 13.2 Å². The molecule has 3 N–H and O–H groups in total. The van der Waals surface area contributed by atoms with E-state index >= 15 is 0 Å². The van der Waals surface area contributed by atoms with Gasteiger partial charge >= 0.3 is 6.18 Å². The van der Waals surface area contributed by atoms with Crippen molar-refractivity contribution in [3.8, 4) is 5.75 Å². The first-order valence-corrected chi connectivity index (χ1v) is 6.38. The van der Waals surface area contributed by atoms with Crippen molar-refractivity contribution in [1.82, 2.24) is 9.55 Å². The Balaban J connectivity index is 2.83. The molecule has 0 saturated heterocycles. The van der Waals surface area contributed by atoms with Gasteiger partial charge in [-0.1, -0.05) is 0 Å². The first-order valence-electron chi connectivity index (χ1n) is 6.38. The van der Waals surface area contributed by atoms with Crippen molar-refractivity contribution < 1.29 is 23.0 Å². The van der Waals surface area contributed by atoms with Crippen LogP contribution in [0.1, 0.15) is 18.3 Å². The van der Waals surface area contributed by atoms with Gasteiger partial charge in [-0.15, -0.1) is 0 Å². The summed E-state index contributed by atoms with van der Waals surface area (Å²) in [6.45, 7) is 2.16. The van der Waals surface area contributed by atoms with Gasteiger partial charge in [-0.25, -0.2) is 4.98 Å². The van der Waals surface area contributed by atoms with Crippen LogP contribution in [0.2, 0.25) is 0 Å². The molecule has 5 nitrogen and oxygen atoms in total. The third-order valence-corrected chi connectivity index (χ3v) is 3.26. The summed E-state index contributed by atoms with van der Waals surface area (Å²) in [6, 6.07) is 0.928. The van der Waals surface area contributed by atoms with Crippen LogP contribution < -0.4 is 10.5 Å². The lowest BCUT2D eigenvalue weighted by molar-refractivity contribution is -0.138. The second kappa shape index (κ2) is 5.44. The number of methoxy groups -OCH3 is 1. The van der Waals surface area contributed by atoms with Gasteiger partial charge in [-0.2, -0.15) is 13.2 Å². The highest BCUT2D eigenvalue weighted by Crippen LogP contribution is 2.43. The Bertz CT molecular complexity index is 665. The third kappa shape index (κ3) is 2.51. The smallest absolute Gasteiger partial charge is 0.420 e. The lowest BCUT2D eigenvalue weighted by Crippen LogP contribution is -2.10. The highest BCUT2D eigenvalue weighted by Gasteiger charge is 2.37. The van der Waals surface area contributed by atoms with Gasteiger partial charge < -0.3 is 20.1 Å². The minimum absolute atomic E-state index is 0.0964. The molecule has 1 heterocycles. The molecule has 0 aliphatic rings.